The van der Waals surface area contributed by atoms with E-state index < -0.39 is 0 Å². The molecule has 20 heavy (non-hydrogen) atoms. The standard InChI is InChI=1S/C16H33N3O/c1-8-9-13-15(20)19(11-16(4,5)18(6)7)14(17-13)10-12(2)3/h12-14,17H,8-11H2,1-7H3. The van der Waals surface area contributed by atoms with Crippen LogP contribution >= 0.6 is 0 Å². The lowest BCUT2D eigenvalue weighted by atomic mass is 10.0. The zero-order chi connectivity index (χ0) is 15.5. The monoisotopic (exact) mass is 283 g/mol. The minimum absolute atomic E-state index is 0.00628. The van der Waals surface area contributed by atoms with Gasteiger partial charge in [0.1, 0.15) is 0 Å². The van der Waals surface area contributed by atoms with E-state index in [0.717, 1.165) is 25.8 Å². The molecule has 4 heteroatoms. The molecule has 1 amide bonds. The van der Waals surface area contributed by atoms with Gasteiger partial charge in [-0.2, -0.15) is 0 Å². The Bertz CT molecular complexity index is 326. The van der Waals surface area contributed by atoms with Gasteiger partial charge in [-0.25, -0.2) is 0 Å². The Morgan fingerprint density at radius 1 is 1.35 bits per heavy atom. The van der Waals surface area contributed by atoms with Gasteiger partial charge < -0.3 is 9.80 Å². The van der Waals surface area contributed by atoms with Crippen LogP contribution in [0.4, 0.5) is 0 Å². The van der Waals surface area contributed by atoms with Crippen molar-refractivity contribution in [3.63, 3.8) is 0 Å². The topological polar surface area (TPSA) is 35.6 Å². The van der Waals surface area contributed by atoms with Crippen LogP contribution in [0.2, 0.25) is 0 Å². The van der Waals surface area contributed by atoms with E-state index in [0.29, 0.717) is 5.92 Å². The van der Waals surface area contributed by atoms with Gasteiger partial charge in [-0.1, -0.05) is 27.2 Å². The Hall–Kier alpha value is -0.610. The van der Waals surface area contributed by atoms with Crippen LogP contribution in [-0.2, 0) is 4.79 Å². The molecule has 0 saturated carbocycles. The Morgan fingerprint density at radius 3 is 2.40 bits per heavy atom. The lowest BCUT2D eigenvalue weighted by Crippen LogP contribution is -2.52. The second-order valence-corrected chi connectivity index (χ2v) is 7.33. The van der Waals surface area contributed by atoms with Crippen molar-refractivity contribution >= 4 is 5.91 Å². The Morgan fingerprint density at radius 2 is 1.95 bits per heavy atom. The summed E-state index contributed by atoms with van der Waals surface area (Å²) in [4.78, 5) is 16.9. The van der Waals surface area contributed by atoms with Crippen LogP contribution in [0.15, 0.2) is 0 Å². The number of rotatable bonds is 7. The van der Waals surface area contributed by atoms with Gasteiger partial charge in [0, 0.05) is 12.1 Å². The minimum Gasteiger partial charge on any atom is -0.324 e. The van der Waals surface area contributed by atoms with Crippen molar-refractivity contribution in [3.8, 4) is 0 Å². The summed E-state index contributed by atoms with van der Waals surface area (Å²) < 4.78 is 0. The SMILES string of the molecule is CCCC1NC(CC(C)C)N(CC(C)(C)N(C)C)C1=O. The zero-order valence-corrected chi connectivity index (χ0v) is 14.4. The average Bonchev–Trinajstić information content (AvgIpc) is 2.57. The van der Waals surface area contributed by atoms with E-state index in [2.05, 4.69) is 63.8 Å². The van der Waals surface area contributed by atoms with Crippen LogP contribution in [0.5, 0.6) is 0 Å². The molecule has 1 rings (SSSR count). The molecule has 0 radical (unpaired) electrons. The van der Waals surface area contributed by atoms with E-state index in [1.807, 2.05) is 0 Å². The fourth-order valence-corrected chi connectivity index (χ4v) is 2.63. The van der Waals surface area contributed by atoms with Gasteiger partial charge in [0.2, 0.25) is 5.91 Å². The molecule has 118 valence electrons. The van der Waals surface area contributed by atoms with E-state index in [1.54, 1.807) is 0 Å². The minimum atomic E-state index is -0.00628. The first kappa shape index (κ1) is 17.4. The van der Waals surface area contributed by atoms with Gasteiger partial charge in [-0.3, -0.25) is 10.1 Å². The van der Waals surface area contributed by atoms with E-state index in [9.17, 15) is 4.79 Å². The number of likely N-dealkylation sites (N-methyl/N-ethyl adjacent to an activating group) is 1. The molecule has 0 aromatic rings. The number of nitrogens with zero attached hydrogens (tertiary/aromatic N) is 2. The first-order chi connectivity index (χ1) is 9.19. The number of hydrogen-bond donors (Lipinski definition) is 1. The predicted molar refractivity (Wildman–Crippen MR) is 84.6 cm³/mol. The molecule has 0 aromatic carbocycles. The van der Waals surface area contributed by atoms with Crippen LogP contribution in [-0.4, -0.2) is 54.1 Å². The van der Waals surface area contributed by atoms with Crippen LogP contribution in [0.25, 0.3) is 0 Å². The largest absolute Gasteiger partial charge is 0.324 e. The van der Waals surface area contributed by atoms with Gasteiger partial charge in [0.05, 0.1) is 12.2 Å². The third kappa shape index (κ3) is 4.19. The summed E-state index contributed by atoms with van der Waals surface area (Å²) >= 11 is 0. The number of hydrogen-bond acceptors (Lipinski definition) is 3. The number of carbonyl (C=O) groups is 1. The van der Waals surface area contributed by atoms with Crippen molar-refractivity contribution in [3.05, 3.63) is 0 Å². The molecule has 1 N–H and O–H groups in total. The van der Waals surface area contributed by atoms with Crippen molar-refractivity contribution in [1.82, 2.24) is 15.1 Å². The lowest BCUT2D eigenvalue weighted by molar-refractivity contribution is -0.131. The van der Waals surface area contributed by atoms with Gasteiger partial charge in [-0.15, -0.1) is 0 Å². The molecule has 2 atom stereocenters. The van der Waals surface area contributed by atoms with Crippen LogP contribution < -0.4 is 5.32 Å². The third-order valence-corrected chi connectivity index (χ3v) is 4.39. The van der Waals surface area contributed by atoms with Crippen LogP contribution in [0, 0.1) is 5.92 Å². The molecule has 1 saturated heterocycles. The third-order valence-electron chi connectivity index (χ3n) is 4.39. The molecule has 1 aliphatic heterocycles. The maximum absolute atomic E-state index is 12.6. The summed E-state index contributed by atoms with van der Waals surface area (Å²) in [6.07, 6.45) is 3.20. The first-order valence-electron chi connectivity index (χ1n) is 7.93. The van der Waals surface area contributed by atoms with Crippen LogP contribution in [0.3, 0.4) is 0 Å². The maximum atomic E-state index is 12.6. The molecular formula is C16H33N3O. The summed E-state index contributed by atoms with van der Waals surface area (Å²) in [5.41, 5.74) is -0.00628. The van der Waals surface area contributed by atoms with E-state index in [1.165, 1.54) is 0 Å². The molecule has 0 bridgehead atoms. The van der Waals surface area contributed by atoms with Crippen LogP contribution in [0.1, 0.15) is 53.9 Å². The second kappa shape index (κ2) is 6.90. The Balaban J connectivity index is 2.84. The predicted octanol–water partition coefficient (Wildman–Crippen LogP) is 2.30. The quantitative estimate of drug-likeness (QED) is 0.779. The van der Waals surface area contributed by atoms with Gasteiger partial charge in [-0.05, 0) is 46.7 Å². The average molecular weight is 283 g/mol. The first-order valence-corrected chi connectivity index (χ1v) is 7.93. The molecule has 1 heterocycles. The van der Waals surface area contributed by atoms with Crippen molar-refractivity contribution in [2.45, 2.75) is 71.6 Å². The molecule has 0 aliphatic carbocycles. The second-order valence-electron chi connectivity index (χ2n) is 7.33. The maximum Gasteiger partial charge on any atom is 0.241 e. The zero-order valence-electron chi connectivity index (χ0n) is 14.4. The van der Waals surface area contributed by atoms with E-state index in [4.69, 9.17) is 0 Å². The number of carbonyl (C=O) groups excluding carboxylic acids is 1. The highest BCUT2D eigenvalue weighted by molar-refractivity contribution is 5.84. The molecule has 0 aromatic heterocycles. The van der Waals surface area contributed by atoms with Crippen molar-refractivity contribution in [1.29, 1.82) is 0 Å². The molecular weight excluding hydrogens is 250 g/mol. The normalized spacial score (nSPS) is 24.2. The molecule has 1 fully saturated rings. The number of nitrogens with one attached hydrogen (secondary N) is 1. The van der Waals surface area contributed by atoms with Gasteiger partial charge in [0.25, 0.3) is 0 Å². The molecule has 4 nitrogen and oxygen atoms in total. The highest BCUT2D eigenvalue weighted by Gasteiger charge is 2.41. The summed E-state index contributed by atoms with van der Waals surface area (Å²) in [6.45, 7) is 11.7. The van der Waals surface area contributed by atoms with Crippen molar-refractivity contribution in [2.75, 3.05) is 20.6 Å². The smallest absolute Gasteiger partial charge is 0.241 e. The highest BCUT2D eigenvalue weighted by Crippen LogP contribution is 2.23. The fraction of sp³-hybridized carbons (Fsp3) is 0.938. The fourth-order valence-electron chi connectivity index (χ4n) is 2.63. The van der Waals surface area contributed by atoms with Gasteiger partial charge in [0.15, 0.2) is 0 Å². The molecule has 2 unspecified atom stereocenters. The summed E-state index contributed by atoms with van der Waals surface area (Å²) in [6, 6.07) is 0.0155. The summed E-state index contributed by atoms with van der Waals surface area (Å²) in [7, 11) is 4.16. The molecule has 1 aliphatic rings. The Labute approximate surface area is 124 Å². The number of amides is 1. The van der Waals surface area contributed by atoms with E-state index >= 15 is 0 Å². The molecule has 0 spiro atoms. The van der Waals surface area contributed by atoms with E-state index in [-0.39, 0.29) is 23.7 Å². The summed E-state index contributed by atoms with van der Waals surface area (Å²) in [5.74, 6) is 0.873. The van der Waals surface area contributed by atoms with Crippen molar-refractivity contribution < 1.29 is 4.79 Å². The highest BCUT2D eigenvalue weighted by atomic mass is 16.2. The lowest BCUT2D eigenvalue weighted by Gasteiger charge is -2.38. The summed E-state index contributed by atoms with van der Waals surface area (Å²) in [5, 5.41) is 3.54. The Kier molecular flexibility index (Phi) is 6.02. The van der Waals surface area contributed by atoms with Crippen molar-refractivity contribution in [2.24, 2.45) is 5.92 Å². The van der Waals surface area contributed by atoms with Gasteiger partial charge >= 0.3 is 0 Å².